The van der Waals surface area contributed by atoms with Crippen LogP contribution in [0.2, 0.25) is 0 Å². The monoisotopic (exact) mass is 269 g/mol. The molecule has 0 aromatic heterocycles. The largest absolute Gasteiger partial charge is 0.409 e. The third-order valence-corrected chi connectivity index (χ3v) is 2.82. The molecule has 0 radical (unpaired) electrons. The van der Waals surface area contributed by atoms with E-state index >= 15 is 0 Å². The van der Waals surface area contributed by atoms with Crippen LogP contribution in [-0.2, 0) is 6.54 Å². The van der Waals surface area contributed by atoms with Crippen LogP contribution >= 0.6 is 0 Å². The SMILES string of the molecule is CC(O)CCN(C)Cc1ccc(F)cc1/C(N)=N/O. The second kappa shape index (κ2) is 7.06. The first-order valence-corrected chi connectivity index (χ1v) is 6.07. The van der Waals surface area contributed by atoms with Crippen molar-refractivity contribution in [3.05, 3.63) is 35.1 Å². The summed E-state index contributed by atoms with van der Waals surface area (Å²) in [7, 11) is 1.89. The van der Waals surface area contributed by atoms with Crippen LogP contribution < -0.4 is 5.73 Å². The highest BCUT2D eigenvalue weighted by molar-refractivity contribution is 5.98. The minimum atomic E-state index is -0.433. The zero-order chi connectivity index (χ0) is 14.4. The fraction of sp³-hybridized carbons (Fsp3) is 0.462. The predicted octanol–water partition coefficient (Wildman–Crippen LogP) is 1.12. The summed E-state index contributed by atoms with van der Waals surface area (Å²) < 4.78 is 13.2. The summed E-state index contributed by atoms with van der Waals surface area (Å²) in [6.45, 7) is 2.96. The predicted molar refractivity (Wildman–Crippen MR) is 71.5 cm³/mol. The Balaban J connectivity index is 2.83. The van der Waals surface area contributed by atoms with Gasteiger partial charge in [0.2, 0.25) is 0 Å². The van der Waals surface area contributed by atoms with E-state index in [0.717, 1.165) is 5.56 Å². The van der Waals surface area contributed by atoms with E-state index in [0.29, 0.717) is 25.1 Å². The molecule has 1 unspecified atom stereocenters. The molecule has 0 fully saturated rings. The Labute approximate surface area is 112 Å². The first-order valence-electron chi connectivity index (χ1n) is 6.07. The molecule has 0 heterocycles. The van der Waals surface area contributed by atoms with E-state index in [-0.39, 0.29) is 11.9 Å². The van der Waals surface area contributed by atoms with Gasteiger partial charge in [0.05, 0.1) is 6.10 Å². The molecule has 5 nitrogen and oxygen atoms in total. The lowest BCUT2D eigenvalue weighted by atomic mass is 10.1. The number of halogens is 1. The Bertz CT molecular complexity index is 450. The van der Waals surface area contributed by atoms with Gasteiger partial charge in [0.15, 0.2) is 5.84 Å². The molecule has 1 atom stereocenters. The summed E-state index contributed by atoms with van der Waals surface area (Å²) in [6, 6.07) is 4.19. The summed E-state index contributed by atoms with van der Waals surface area (Å²) in [5.74, 6) is -0.546. The van der Waals surface area contributed by atoms with Crippen molar-refractivity contribution in [3.63, 3.8) is 0 Å². The van der Waals surface area contributed by atoms with Crippen LogP contribution in [0.25, 0.3) is 0 Å². The molecule has 0 aliphatic rings. The Morgan fingerprint density at radius 2 is 2.21 bits per heavy atom. The van der Waals surface area contributed by atoms with Gasteiger partial charge >= 0.3 is 0 Å². The van der Waals surface area contributed by atoms with Crippen LogP contribution in [0.15, 0.2) is 23.4 Å². The Hall–Kier alpha value is -1.66. The van der Waals surface area contributed by atoms with Crippen LogP contribution in [0.1, 0.15) is 24.5 Å². The van der Waals surface area contributed by atoms with Crippen LogP contribution in [0.5, 0.6) is 0 Å². The normalized spacial score (nSPS) is 13.8. The van der Waals surface area contributed by atoms with Gasteiger partial charge in [-0.05, 0) is 38.1 Å². The summed E-state index contributed by atoms with van der Waals surface area (Å²) in [6.07, 6.45) is 0.288. The maximum atomic E-state index is 13.2. The lowest BCUT2D eigenvalue weighted by molar-refractivity contribution is 0.163. The van der Waals surface area contributed by atoms with E-state index in [4.69, 9.17) is 10.9 Å². The van der Waals surface area contributed by atoms with Crippen molar-refractivity contribution < 1.29 is 14.7 Å². The fourth-order valence-electron chi connectivity index (χ4n) is 1.76. The smallest absolute Gasteiger partial charge is 0.170 e. The molecule has 6 heteroatoms. The maximum absolute atomic E-state index is 13.2. The van der Waals surface area contributed by atoms with E-state index < -0.39 is 5.82 Å². The summed E-state index contributed by atoms with van der Waals surface area (Å²) in [5, 5.41) is 20.9. The Morgan fingerprint density at radius 3 is 2.79 bits per heavy atom. The lowest BCUT2D eigenvalue weighted by Gasteiger charge is -2.19. The van der Waals surface area contributed by atoms with E-state index in [1.807, 2.05) is 11.9 Å². The van der Waals surface area contributed by atoms with Crippen LogP contribution in [0, 0.1) is 5.82 Å². The van der Waals surface area contributed by atoms with Gasteiger partial charge in [0.25, 0.3) is 0 Å². The highest BCUT2D eigenvalue weighted by atomic mass is 19.1. The van der Waals surface area contributed by atoms with Gasteiger partial charge in [-0.3, -0.25) is 0 Å². The summed E-state index contributed by atoms with van der Waals surface area (Å²) in [5.41, 5.74) is 6.69. The van der Waals surface area contributed by atoms with Crippen molar-refractivity contribution in [2.45, 2.75) is 26.0 Å². The molecule has 0 bridgehead atoms. The minimum absolute atomic E-state index is 0.113. The maximum Gasteiger partial charge on any atom is 0.170 e. The van der Waals surface area contributed by atoms with Gasteiger partial charge in [-0.25, -0.2) is 4.39 Å². The van der Waals surface area contributed by atoms with Crippen molar-refractivity contribution in [1.29, 1.82) is 0 Å². The van der Waals surface area contributed by atoms with Gasteiger partial charge in [-0.1, -0.05) is 11.2 Å². The number of rotatable bonds is 6. The lowest BCUT2D eigenvalue weighted by Crippen LogP contribution is -2.24. The average Bonchev–Trinajstić information content (AvgIpc) is 2.37. The first kappa shape index (κ1) is 15.4. The molecule has 0 saturated heterocycles. The zero-order valence-electron chi connectivity index (χ0n) is 11.2. The van der Waals surface area contributed by atoms with Gasteiger partial charge in [0.1, 0.15) is 5.82 Å². The molecular formula is C13H20FN3O2. The molecule has 0 aliphatic heterocycles. The third kappa shape index (κ3) is 4.84. The Kier molecular flexibility index (Phi) is 5.72. The molecule has 106 valence electrons. The quantitative estimate of drug-likeness (QED) is 0.313. The molecule has 0 aliphatic carbocycles. The van der Waals surface area contributed by atoms with Crippen molar-refractivity contribution in [1.82, 2.24) is 4.90 Å². The molecule has 0 spiro atoms. The molecule has 1 aromatic rings. The highest BCUT2D eigenvalue weighted by Gasteiger charge is 2.11. The van der Waals surface area contributed by atoms with E-state index in [2.05, 4.69) is 5.16 Å². The standard InChI is InChI=1S/C13H20FN3O2/c1-9(18)5-6-17(2)8-10-3-4-11(14)7-12(10)13(15)16-19/h3-4,7,9,18-19H,5-6,8H2,1-2H3,(H2,15,16). The second-order valence-electron chi connectivity index (χ2n) is 4.66. The van der Waals surface area contributed by atoms with E-state index in [9.17, 15) is 9.50 Å². The molecule has 0 saturated carbocycles. The fourth-order valence-corrected chi connectivity index (χ4v) is 1.76. The van der Waals surface area contributed by atoms with Crippen molar-refractivity contribution in [3.8, 4) is 0 Å². The number of oxime groups is 1. The topological polar surface area (TPSA) is 82.1 Å². The van der Waals surface area contributed by atoms with E-state index in [1.165, 1.54) is 12.1 Å². The average molecular weight is 269 g/mol. The highest BCUT2D eigenvalue weighted by Crippen LogP contribution is 2.13. The summed E-state index contributed by atoms with van der Waals surface area (Å²) >= 11 is 0. The molecule has 1 aromatic carbocycles. The van der Waals surface area contributed by atoms with Crippen molar-refractivity contribution in [2.24, 2.45) is 10.9 Å². The molecule has 4 N–H and O–H groups in total. The molecule has 19 heavy (non-hydrogen) atoms. The van der Waals surface area contributed by atoms with Gasteiger partial charge in [-0.15, -0.1) is 0 Å². The van der Waals surface area contributed by atoms with Crippen molar-refractivity contribution >= 4 is 5.84 Å². The number of aliphatic hydroxyl groups is 1. The van der Waals surface area contributed by atoms with Gasteiger partial charge in [0, 0.05) is 18.7 Å². The Morgan fingerprint density at radius 1 is 1.53 bits per heavy atom. The minimum Gasteiger partial charge on any atom is -0.409 e. The number of aliphatic hydroxyl groups excluding tert-OH is 1. The number of hydrogen-bond donors (Lipinski definition) is 3. The zero-order valence-corrected chi connectivity index (χ0v) is 11.2. The van der Waals surface area contributed by atoms with Gasteiger partial charge in [-0.2, -0.15) is 0 Å². The first-order chi connectivity index (χ1) is 8.93. The number of nitrogens with zero attached hydrogens (tertiary/aromatic N) is 2. The second-order valence-corrected chi connectivity index (χ2v) is 4.66. The number of benzene rings is 1. The summed E-state index contributed by atoms with van der Waals surface area (Å²) in [4.78, 5) is 1.98. The van der Waals surface area contributed by atoms with E-state index in [1.54, 1.807) is 13.0 Å². The molecule has 0 amide bonds. The molecule has 1 rings (SSSR count). The number of hydrogen-bond acceptors (Lipinski definition) is 4. The third-order valence-electron chi connectivity index (χ3n) is 2.82. The number of amidine groups is 1. The van der Waals surface area contributed by atoms with Crippen LogP contribution in [-0.4, -0.2) is 40.7 Å². The number of nitrogens with two attached hydrogens (primary N) is 1. The molecular weight excluding hydrogens is 249 g/mol. The van der Waals surface area contributed by atoms with Crippen molar-refractivity contribution in [2.75, 3.05) is 13.6 Å². The van der Waals surface area contributed by atoms with Crippen LogP contribution in [0.4, 0.5) is 4.39 Å². The van der Waals surface area contributed by atoms with Crippen LogP contribution in [0.3, 0.4) is 0 Å². The van der Waals surface area contributed by atoms with Gasteiger partial charge < -0.3 is 20.9 Å².